The van der Waals surface area contributed by atoms with Crippen molar-refractivity contribution in [3.8, 4) is 0 Å². The number of aromatic nitrogens is 1. The predicted octanol–water partition coefficient (Wildman–Crippen LogP) is 0.942. The lowest BCUT2D eigenvalue weighted by Gasteiger charge is -2.49. The van der Waals surface area contributed by atoms with Crippen molar-refractivity contribution >= 4 is 22.7 Å². The molecular formula is C21H26N4O3. The Morgan fingerprint density at radius 3 is 2.71 bits per heavy atom. The fourth-order valence-electron chi connectivity index (χ4n) is 4.95. The molecule has 1 aromatic heterocycles. The molecule has 2 saturated heterocycles. The van der Waals surface area contributed by atoms with Gasteiger partial charge in [0.25, 0.3) is 5.91 Å². The topological polar surface area (TPSA) is 68.9 Å². The van der Waals surface area contributed by atoms with Crippen molar-refractivity contribution in [3.63, 3.8) is 0 Å². The Morgan fingerprint density at radius 1 is 1.11 bits per heavy atom. The van der Waals surface area contributed by atoms with Crippen LogP contribution in [0.5, 0.6) is 0 Å². The van der Waals surface area contributed by atoms with E-state index >= 15 is 0 Å². The number of morpholine rings is 1. The van der Waals surface area contributed by atoms with Crippen molar-refractivity contribution < 1.29 is 14.3 Å². The van der Waals surface area contributed by atoms with E-state index in [0.29, 0.717) is 13.1 Å². The van der Waals surface area contributed by atoms with Crippen LogP contribution in [0.1, 0.15) is 18.2 Å². The Balaban J connectivity index is 1.47. The number of para-hydroxylation sites is 1. The molecule has 1 atom stereocenters. The highest BCUT2D eigenvalue weighted by Gasteiger charge is 2.53. The molecule has 28 heavy (non-hydrogen) atoms. The van der Waals surface area contributed by atoms with Gasteiger partial charge in [0, 0.05) is 43.6 Å². The number of carbonyl (C=O) groups excluding carboxylic acids is 2. The van der Waals surface area contributed by atoms with Gasteiger partial charge in [-0.1, -0.05) is 18.2 Å². The second kappa shape index (κ2) is 6.60. The Labute approximate surface area is 164 Å². The smallest absolute Gasteiger partial charge is 0.254 e. The summed E-state index contributed by atoms with van der Waals surface area (Å²) in [5, 5.41) is 1.16. The Bertz CT molecular complexity index is 933. The van der Waals surface area contributed by atoms with E-state index in [0.717, 1.165) is 55.9 Å². The Hall–Kier alpha value is -2.38. The van der Waals surface area contributed by atoms with Crippen LogP contribution >= 0.6 is 0 Å². The fraction of sp³-hybridized carbons (Fsp3) is 0.524. The van der Waals surface area contributed by atoms with E-state index in [1.54, 1.807) is 9.80 Å². The van der Waals surface area contributed by atoms with Crippen LogP contribution in [0.15, 0.2) is 24.3 Å². The third kappa shape index (κ3) is 2.57. The van der Waals surface area contributed by atoms with Crippen LogP contribution in [0.4, 0.5) is 0 Å². The average Bonchev–Trinajstić information content (AvgIpc) is 3.11. The van der Waals surface area contributed by atoms with Crippen molar-refractivity contribution in [2.45, 2.75) is 18.9 Å². The molecule has 7 nitrogen and oxygen atoms in total. The summed E-state index contributed by atoms with van der Waals surface area (Å²) in [5.41, 5.74) is 2.13. The van der Waals surface area contributed by atoms with Crippen molar-refractivity contribution in [1.82, 2.24) is 19.7 Å². The highest BCUT2D eigenvalue weighted by atomic mass is 16.5. The van der Waals surface area contributed by atoms with E-state index < -0.39 is 5.54 Å². The molecule has 0 bridgehead atoms. The largest absolute Gasteiger partial charge is 0.379 e. The van der Waals surface area contributed by atoms with E-state index in [1.165, 1.54) is 5.56 Å². The quantitative estimate of drug-likeness (QED) is 0.858. The number of aromatic amines is 1. The lowest BCUT2D eigenvalue weighted by molar-refractivity contribution is -0.166. The molecule has 1 N–H and O–H groups in total. The maximum absolute atomic E-state index is 13.6. The molecule has 0 unspecified atom stereocenters. The highest BCUT2D eigenvalue weighted by molar-refractivity contribution is 6.00. The van der Waals surface area contributed by atoms with Crippen LogP contribution in [0, 0.1) is 0 Å². The van der Waals surface area contributed by atoms with E-state index in [1.807, 2.05) is 25.1 Å². The van der Waals surface area contributed by atoms with Gasteiger partial charge in [0.15, 0.2) is 5.54 Å². The zero-order valence-electron chi connectivity index (χ0n) is 16.2. The van der Waals surface area contributed by atoms with Gasteiger partial charge in [0.1, 0.15) is 0 Å². The van der Waals surface area contributed by atoms with Crippen molar-refractivity contribution in [1.29, 1.82) is 0 Å². The average molecular weight is 382 g/mol. The first kappa shape index (κ1) is 17.7. The van der Waals surface area contributed by atoms with Gasteiger partial charge in [-0.2, -0.15) is 0 Å². The number of piperazine rings is 1. The molecule has 4 heterocycles. The molecule has 0 saturated carbocycles. The molecule has 3 aliphatic heterocycles. The van der Waals surface area contributed by atoms with Crippen LogP contribution in [0.25, 0.3) is 10.9 Å². The van der Waals surface area contributed by atoms with Gasteiger partial charge in [-0.15, -0.1) is 0 Å². The predicted molar refractivity (Wildman–Crippen MR) is 105 cm³/mol. The SMILES string of the molecule is C[C@]12C(=O)N(CCN3CCOCC3)CC(=O)N1CCc1c2[nH]c2ccccc12. The summed E-state index contributed by atoms with van der Waals surface area (Å²) in [4.78, 5) is 35.8. The summed E-state index contributed by atoms with van der Waals surface area (Å²) in [5.74, 6) is 0.0567. The van der Waals surface area contributed by atoms with E-state index in [2.05, 4.69) is 16.0 Å². The number of carbonyl (C=O) groups is 2. The number of fused-ring (bicyclic) bond motifs is 5. The maximum atomic E-state index is 13.6. The molecule has 1 aromatic carbocycles. The van der Waals surface area contributed by atoms with Gasteiger partial charge in [-0.25, -0.2) is 0 Å². The minimum absolute atomic E-state index is 0.0212. The second-order valence-electron chi connectivity index (χ2n) is 8.07. The van der Waals surface area contributed by atoms with Gasteiger partial charge in [-0.3, -0.25) is 14.5 Å². The first-order valence-electron chi connectivity index (χ1n) is 10.1. The minimum Gasteiger partial charge on any atom is -0.379 e. The summed E-state index contributed by atoms with van der Waals surface area (Å²) >= 11 is 0. The van der Waals surface area contributed by atoms with Crippen LogP contribution in [0.3, 0.4) is 0 Å². The Morgan fingerprint density at radius 2 is 1.89 bits per heavy atom. The molecule has 2 aromatic rings. The minimum atomic E-state index is -0.951. The molecule has 2 fully saturated rings. The highest BCUT2D eigenvalue weighted by Crippen LogP contribution is 2.41. The number of nitrogens with zero attached hydrogens (tertiary/aromatic N) is 3. The molecule has 5 rings (SSSR count). The van der Waals surface area contributed by atoms with Crippen molar-refractivity contribution in [3.05, 3.63) is 35.5 Å². The van der Waals surface area contributed by atoms with Gasteiger partial charge in [-0.05, 0) is 25.0 Å². The standard InChI is InChI=1S/C21H26N4O3/c1-21-19-16(15-4-2-3-5-17(15)22-19)6-7-25(21)18(26)14-24(20(21)27)9-8-23-10-12-28-13-11-23/h2-5,22H,6-14H2,1H3/t21-/m0/s1. The van der Waals surface area contributed by atoms with E-state index in [4.69, 9.17) is 4.74 Å². The van der Waals surface area contributed by atoms with Crippen LogP contribution < -0.4 is 0 Å². The molecule has 0 spiro atoms. The van der Waals surface area contributed by atoms with Gasteiger partial charge >= 0.3 is 0 Å². The number of nitrogens with one attached hydrogen (secondary N) is 1. The lowest BCUT2D eigenvalue weighted by Crippen LogP contribution is -2.67. The first-order chi connectivity index (χ1) is 13.6. The lowest BCUT2D eigenvalue weighted by atomic mass is 9.83. The fourth-order valence-corrected chi connectivity index (χ4v) is 4.95. The van der Waals surface area contributed by atoms with E-state index in [9.17, 15) is 9.59 Å². The summed E-state index contributed by atoms with van der Waals surface area (Å²) in [6, 6.07) is 8.14. The zero-order chi connectivity index (χ0) is 19.3. The molecule has 2 amide bonds. The third-order valence-electron chi connectivity index (χ3n) is 6.55. The first-order valence-corrected chi connectivity index (χ1v) is 10.1. The zero-order valence-corrected chi connectivity index (χ0v) is 16.2. The molecule has 0 aliphatic carbocycles. The molecular weight excluding hydrogens is 356 g/mol. The summed E-state index contributed by atoms with van der Waals surface area (Å²) in [6.45, 7) is 7.25. The van der Waals surface area contributed by atoms with Crippen molar-refractivity contribution in [2.24, 2.45) is 0 Å². The van der Waals surface area contributed by atoms with E-state index in [-0.39, 0.29) is 18.4 Å². The van der Waals surface area contributed by atoms with Gasteiger partial charge in [0.2, 0.25) is 5.91 Å². The van der Waals surface area contributed by atoms with Crippen molar-refractivity contribution in [2.75, 3.05) is 52.5 Å². The molecule has 3 aliphatic rings. The summed E-state index contributed by atoms with van der Waals surface area (Å²) in [6.07, 6.45) is 0.779. The molecule has 0 radical (unpaired) electrons. The Kier molecular flexibility index (Phi) is 4.17. The summed E-state index contributed by atoms with van der Waals surface area (Å²) < 4.78 is 5.40. The number of amides is 2. The maximum Gasteiger partial charge on any atom is 0.254 e. The third-order valence-corrected chi connectivity index (χ3v) is 6.55. The van der Waals surface area contributed by atoms with Crippen LogP contribution in [-0.2, 0) is 26.3 Å². The van der Waals surface area contributed by atoms with Gasteiger partial charge < -0.3 is 19.5 Å². The van der Waals surface area contributed by atoms with Gasteiger partial charge in [0.05, 0.1) is 25.5 Å². The normalized spacial score (nSPS) is 25.9. The second-order valence-corrected chi connectivity index (χ2v) is 8.07. The number of ether oxygens (including phenoxy) is 1. The molecule has 148 valence electrons. The summed E-state index contributed by atoms with van der Waals surface area (Å²) in [7, 11) is 0. The molecule has 7 heteroatoms. The number of hydrogen-bond donors (Lipinski definition) is 1. The monoisotopic (exact) mass is 382 g/mol. The number of hydrogen-bond acceptors (Lipinski definition) is 4. The van der Waals surface area contributed by atoms with Crippen LogP contribution in [-0.4, -0.2) is 84.0 Å². The number of H-pyrrole nitrogens is 1. The van der Waals surface area contributed by atoms with Crippen LogP contribution in [0.2, 0.25) is 0 Å². The number of benzene rings is 1. The number of rotatable bonds is 3.